The summed E-state index contributed by atoms with van der Waals surface area (Å²) in [6.45, 7) is 1.49. The largest absolute Gasteiger partial charge is 0.468 e. The number of nitrogens with zero attached hydrogens (tertiary/aromatic N) is 4. The van der Waals surface area contributed by atoms with Gasteiger partial charge in [0.2, 0.25) is 0 Å². The van der Waals surface area contributed by atoms with Crippen molar-refractivity contribution in [3.63, 3.8) is 0 Å². The van der Waals surface area contributed by atoms with Gasteiger partial charge < -0.3 is 19.2 Å². The number of aryl methyl sites for hydroxylation is 1. The van der Waals surface area contributed by atoms with E-state index in [0.717, 1.165) is 22.7 Å². The zero-order chi connectivity index (χ0) is 17.7. The fourth-order valence-corrected chi connectivity index (χ4v) is 3.20. The molecule has 0 amide bonds. The molecule has 0 saturated carbocycles. The number of halogens is 1. The Morgan fingerprint density at radius 2 is 2.17 bits per heavy atom. The van der Waals surface area contributed by atoms with Gasteiger partial charge in [0.05, 0.1) is 18.8 Å². The summed E-state index contributed by atoms with van der Waals surface area (Å²) >= 11 is 3.51. The van der Waals surface area contributed by atoms with E-state index in [9.17, 15) is 0 Å². The molecule has 0 saturated heterocycles. The van der Waals surface area contributed by atoms with Crippen LogP contribution in [0.15, 0.2) is 44.5 Å². The van der Waals surface area contributed by atoms with Gasteiger partial charge in [-0.3, -0.25) is 9.89 Å². The highest BCUT2D eigenvalue weighted by atomic mass is 79.9. The van der Waals surface area contributed by atoms with Crippen molar-refractivity contribution in [2.24, 2.45) is 12.0 Å². The van der Waals surface area contributed by atoms with Crippen molar-refractivity contribution in [3.8, 4) is 0 Å². The molecule has 2 rings (SSSR count). The Hall–Kier alpha value is -1.73. The number of guanidine groups is 1. The Morgan fingerprint density at radius 1 is 1.42 bits per heavy atom. The van der Waals surface area contributed by atoms with E-state index in [-0.39, 0.29) is 6.04 Å². The highest BCUT2D eigenvalue weighted by molar-refractivity contribution is 9.10. The molecule has 0 aromatic carbocycles. The summed E-state index contributed by atoms with van der Waals surface area (Å²) in [6.07, 6.45) is 3.76. The topological polar surface area (TPSA) is 48.9 Å². The molecule has 6 nitrogen and oxygen atoms in total. The van der Waals surface area contributed by atoms with E-state index < -0.39 is 0 Å². The summed E-state index contributed by atoms with van der Waals surface area (Å²) < 4.78 is 8.75. The minimum absolute atomic E-state index is 0.148. The maximum atomic E-state index is 5.55. The first-order chi connectivity index (χ1) is 11.4. The van der Waals surface area contributed by atoms with Crippen molar-refractivity contribution >= 4 is 21.9 Å². The molecule has 2 aromatic heterocycles. The van der Waals surface area contributed by atoms with Crippen LogP contribution in [-0.2, 0) is 13.6 Å². The first kappa shape index (κ1) is 18.6. The lowest BCUT2D eigenvalue weighted by atomic mass is 10.2. The maximum Gasteiger partial charge on any atom is 0.193 e. The van der Waals surface area contributed by atoms with Gasteiger partial charge in [-0.15, -0.1) is 0 Å². The third kappa shape index (κ3) is 4.64. The van der Waals surface area contributed by atoms with Gasteiger partial charge in [-0.05, 0) is 48.2 Å². The van der Waals surface area contributed by atoms with E-state index >= 15 is 0 Å². The zero-order valence-electron chi connectivity index (χ0n) is 15.0. The van der Waals surface area contributed by atoms with Crippen LogP contribution in [0.1, 0.15) is 17.5 Å². The summed E-state index contributed by atoms with van der Waals surface area (Å²) in [4.78, 5) is 8.63. The highest BCUT2D eigenvalue weighted by Gasteiger charge is 2.18. The van der Waals surface area contributed by atoms with Gasteiger partial charge in [0, 0.05) is 44.1 Å². The third-order valence-electron chi connectivity index (χ3n) is 4.00. The van der Waals surface area contributed by atoms with E-state index in [1.807, 2.05) is 40.3 Å². The van der Waals surface area contributed by atoms with Gasteiger partial charge in [-0.1, -0.05) is 0 Å². The van der Waals surface area contributed by atoms with Crippen molar-refractivity contribution in [3.05, 3.63) is 46.6 Å². The molecule has 0 aliphatic rings. The van der Waals surface area contributed by atoms with Gasteiger partial charge in [0.15, 0.2) is 5.96 Å². The molecule has 0 bridgehead atoms. The third-order valence-corrected chi connectivity index (χ3v) is 4.43. The lowest BCUT2D eigenvalue weighted by molar-refractivity contribution is 0.256. The van der Waals surface area contributed by atoms with Gasteiger partial charge >= 0.3 is 0 Å². The first-order valence-electron chi connectivity index (χ1n) is 7.84. The maximum absolute atomic E-state index is 5.55. The Balaban J connectivity index is 1.99. The molecule has 1 N–H and O–H groups in total. The van der Waals surface area contributed by atoms with Crippen LogP contribution in [0.5, 0.6) is 0 Å². The van der Waals surface area contributed by atoms with Crippen LogP contribution in [0.4, 0.5) is 0 Å². The molecule has 2 heterocycles. The zero-order valence-corrected chi connectivity index (χ0v) is 16.5. The van der Waals surface area contributed by atoms with E-state index in [4.69, 9.17) is 4.42 Å². The molecule has 0 aliphatic heterocycles. The van der Waals surface area contributed by atoms with E-state index in [0.29, 0.717) is 6.54 Å². The van der Waals surface area contributed by atoms with Crippen LogP contribution >= 0.6 is 15.9 Å². The van der Waals surface area contributed by atoms with Crippen LogP contribution in [0.25, 0.3) is 0 Å². The monoisotopic (exact) mass is 395 g/mol. The molecule has 0 aliphatic carbocycles. The lowest BCUT2D eigenvalue weighted by Gasteiger charge is -2.27. The molecular weight excluding hydrogens is 370 g/mol. The molecule has 0 spiro atoms. The average Bonchev–Trinajstić information content (AvgIpc) is 3.13. The van der Waals surface area contributed by atoms with Crippen LogP contribution in [0.3, 0.4) is 0 Å². The summed E-state index contributed by atoms with van der Waals surface area (Å²) in [5, 5.41) is 3.44. The van der Waals surface area contributed by atoms with Gasteiger partial charge in [-0.2, -0.15) is 0 Å². The second-order valence-corrected chi connectivity index (χ2v) is 6.96. The number of aromatic nitrogens is 1. The second-order valence-electron chi connectivity index (χ2n) is 6.04. The smallest absolute Gasteiger partial charge is 0.193 e. The predicted molar refractivity (Wildman–Crippen MR) is 101 cm³/mol. The lowest BCUT2D eigenvalue weighted by Crippen LogP contribution is -2.42. The minimum atomic E-state index is 0.148. The number of likely N-dealkylation sites (N-methyl/N-ethyl adjacent to an activating group) is 1. The minimum Gasteiger partial charge on any atom is -0.468 e. The molecule has 0 fully saturated rings. The molecular formula is C17H26BrN5O. The van der Waals surface area contributed by atoms with Crippen molar-refractivity contribution < 1.29 is 4.42 Å². The molecule has 1 unspecified atom stereocenters. The number of nitrogens with one attached hydrogen (secondary N) is 1. The molecule has 2 aromatic rings. The summed E-state index contributed by atoms with van der Waals surface area (Å²) in [5.41, 5.74) is 1.21. The molecule has 132 valence electrons. The van der Waals surface area contributed by atoms with Crippen molar-refractivity contribution in [1.29, 1.82) is 0 Å². The highest BCUT2D eigenvalue weighted by Crippen LogP contribution is 2.18. The number of rotatable bonds is 6. The number of hydrogen-bond donors (Lipinski definition) is 1. The van der Waals surface area contributed by atoms with Crippen molar-refractivity contribution in [2.45, 2.75) is 12.6 Å². The molecule has 0 radical (unpaired) electrons. The summed E-state index contributed by atoms with van der Waals surface area (Å²) in [6, 6.07) is 6.18. The summed E-state index contributed by atoms with van der Waals surface area (Å²) in [7, 11) is 9.97. The van der Waals surface area contributed by atoms with E-state index in [2.05, 4.69) is 52.9 Å². The van der Waals surface area contributed by atoms with Crippen LogP contribution < -0.4 is 5.32 Å². The van der Waals surface area contributed by atoms with E-state index in [1.165, 1.54) is 5.69 Å². The van der Waals surface area contributed by atoms with Crippen LogP contribution in [0.2, 0.25) is 0 Å². The van der Waals surface area contributed by atoms with Crippen LogP contribution in [0, 0.1) is 0 Å². The molecule has 1 atom stereocenters. The van der Waals surface area contributed by atoms with Crippen LogP contribution in [-0.4, -0.2) is 55.1 Å². The standard InChI is InChI=1S/C17H26BrN5O/c1-19-17(23(5)12-14-9-13(18)11-22(14)4)20-10-15(21(2)3)16-7-6-8-24-16/h6-9,11,15H,10,12H2,1-5H3,(H,19,20). The molecule has 24 heavy (non-hydrogen) atoms. The van der Waals surface area contributed by atoms with E-state index in [1.54, 1.807) is 13.3 Å². The van der Waals surface area contributed by atoms with Gasteiger partial charge in [0.1, 0.15) is 5.76 Å². The number of furan rings is 1. The fourth-order valence-electron chi connectivity index (χ4n) is 2.63. The normalized spacial score (nSPS) is 13.4. The number of aliphatic imine (C=N–C) groups is 1. The average molecular weight is 396 g/mol. The van der Waals surface area contributed by atoms with Crippen molar-refractivity contribution in [1.82, 2.24) is 19.7 Å². The SMILES string of the molecule is CN=C(NCC(c1ccco1)N(C)C)N(C)Cc1cc(Br)cn1C. The Bertz CT molecular complexity index is 663. The number of hydrogen-bond acceptors (Lipinski definition) is 3. The summed E-state index contributed by atoms with van der Waals surface area (Å²) in [5.74, 6) is 1.79. The Kier molecular flexibility index (Phi) is 6.51. The van der Waals surface area contributed by atoms with Gasteiger partial charge in [-0.25, -0.2) is 0 Å². The quantitative estimate of drug-likeness (QED) is 0.603. The predicted octanol–water partition coefficient (Wildman–Crippen LogP) is 2.69. The van der Waals surface area contributed by atoms with Crippen molar-refractivity contribution in [2.75, 3.05) is 34.7 Å². The fraction of sp³-hybridized carbons (Fsp3) is 0.471. The Labute approximate surface area is 152 Å². The second kappa shape index (κ2) is 8.39. The first-order valence-corrected chi connectivity index (χ1v) is 8.64. The Morgan fingerprint density at radius 3 is 2.67 bits per heavy atom. The van der Waals surface area contributed by atoms with Gasteiger partial charge in [0.25, 0.3) is 0 Å². The molecule has 7 heteroatoms.